The van der Waals surface area contributed by atoms with Crippen LogP contribution in [0.4, 0.5) is 16.5 Å². The molecule has 55 heavy (non-hydrogen) atoms. The van der Waals surface area contributed by atoms with Gasteiger partial charge in [-0.3, -0.25) is 24.8 Å². The summed E-state index contributed by atoms with van der Waals surface area (Å²) in [5.74, 6) is 0.0556. The molecule has 0 aliphatic carbocycles. The number of amides is 2. The summed E-state index contributed by atoms with van der Waals surface area (Å²) in [7, 11) is 0. The van der Waals surface area contributed by atoms with Gasteiger partial charge in [-0.2, -0.15) is 10.4 Å². The van der Waals surface area contributed by atoms with Gasteiger partial charge in [0.1, 0.15) is 6.07 Å². The van der Waals surface area contributed by atoms with Crippen molar-refractivity contribution >= 4 is 45.2 Å². The summed E-state index contributed by atoms with van der Waals surface area (Å²) in [6.45, 7) is 10.3. The van der Waals surface area contributed by atoms with Gasteiger partial charge in [0.05, 0.1) is 58.9 Å². The van der Waals surface area contributed by atoms with Crippen molar-refractivity contribution in [2.75, 3.05) is 74.1 Å². The van der Waals surface area contributed by atoms with E-state index in [0.717, 1.165) is 103 Å². The number of piperazine rings is 1. The molecular formula is C40H43N11O3S. The van der Waals surface area contributed by atoms with E-state index in [9.17, 15) is 14.9 Å². The van der Waals surface area contributed by atoms with Crippen LogP contribution in [0, 0.1) is 17.2 Å². The molecule has 9 rings (SSSR count). The average Bonchev–Trinajstić information content (AvgIpc) is 3.86. The van der Waals surface area contributed by atoms with E-state index in [2.05, 4.69) is 65.8 Å². The van der Waals surface area contributed by atoms with Crippen LogP contribution < -0.4 is 20.4 Å². The maximum absolute atomic E-state index is 12.3. The Morgan fingerprint density at radius 1 is 0.964 bits per heavy atom. The van der Waals surface area contributed by atoms with Crippen molar-refractivity contribution in [2.24, 2.45) is 5.92 Å². The molecule has 5 aromatic rings. The number of nitriles is 1. The number of hydrogen-bond acceptors (Lipinski definition) is 13. The number of anilines is 3. The standard InChI is InChI=1S/C40H43N11O3S/c1-40(24-54-25-40)45-33-19-34(35-8-6-30-18-27(20-41)21-43-51(30)35)42-22-32(33)38-46-47-39(55-38)50-16-14-48(15-17-50)23-26-10-12-49(13-11-26)29-4-2-28(3-5-29)31-7-9-36(52)44-37(31)53/h2-6,8,18-19,21-22,26,31H,7,9-17,23-25H2,1H3,(H,42,45)(H,44,52,53)/t31-/m1/s1. The Morgan fingerprint density at radius 3 is 2.49 bits per heavy atom. The summed E-state index contributed by atoms with van der Waals surface area (Å²) in [4.78, 5) is 36.1. The van der Waals surface area contributed by atoms with Crippen LogP contribution >= 0.6 is 11.3 Å². The van der Waals surface area contributed by atoms with Crippen molar-refractivity contribution in [3.8, 4) is 28.0 Å². The number of nitrogens with zero attached hydrogens (tertiary/aromatic N) is 9. The first-order valence-electron chi connectivity index (χ1n) is 19.0. The molecule has 4 aliphatic rings. The van der Waals surface area contributed by atoms with Gasteiger partial charge in [-0.25, -0.2) is 4.52 Å². The van der Waals surface area contributed by atoms with Crippen LogP contribution in [0.2, 0.25) is 0 Å². The second-order valence-corrected chi connectivity index (χ2v) is 16.4. The van der Waals surface area contributed by atoms with Crippen LogP contribution in [0.15, 0.2) is 60.9 Å². The van der Waals surface area contributed by atoms with Gasteiger partial charge in [0.15, 0.2) is 5.01 Å². The third kappa shape index (κ3) is 7.25. The first-order chi connectivity index (χ1) is 26.8. The summed E-state index contributed by atoms with van der Waals surface area (Å²) in [5, 5.41) is 31.0. The molecule has 1 aromatic carbocycles. The Morgan fingerprint density at radius 2 is 1.76 bits per heavy atom. The number of carbonyl (C=O) groups is 2. The highest BCUT2D eigenvalue weighted by Crippen LogP contribution is 2.38. The topological polar surface area (TPSA) is 157 Å². The Bertz CT molecular complexity index is 2260. The largest absolute Gasteiger partial charge is 0.376 e. The predicted octanol–water partition coefficient (Wildman–Crippen LogP) is 4.55. The lowest BCUT2D eigenvalue weighted by Gasteiger charge is -2.40. The number of nitrogens with one attached hydrogen (secondary N) is 2. The molecule has 2 amide bonds. The number of imide groups is 1. The molecule has 2 N–H and O–H groups in total. The number of pyridine rings is 1. The van der Waals surface area contributed by atoms with Crippen LogP contribution in [0.3, 0.4) is 0 Å². The Hall–Kier alpha value is -5.43. The summed E-state index contributed by atoms with van der Waals surface area (Å²) in [6, 6.07) is 18.3. The third-order valence-electron chi connectivity index (χ3n) is 11.4. The normalized spacial score (nSPS) is 20.6. The van der Waals surface area contributed by atoms with E-state index in [-0.39, 0.29) is 23.3 Å². The van der Waals surface area contributed by atoms with Crippen molar-refractivity contribution in [1.82, 2.24) is 35.0 Å². The summed E-state index contributed by atoms with van der Waals surface area (Å²) >= 11 is 1.60. The first-order valence-corrected chi connectivity index (χ1v) is 19.9. The fraction of sp³-hybridized carbons (Fsp3) is 0.425. The molecule has 4 fully saturated rings. The SMILES string of the molecule is CC1(Nc2cc(-c3ccc4cc(C#N)cnn34)ncc2-c2nnc(N3CCN(CC4CCN(c5ccc([C@H]6CCC(=O)NC6=O)cc5)CC4)CC3)s2)COC1. The number of aromatic nitrogens is 5. The Labute approximate surface area is 323 Å². The lowest BCUT2D eigenvalue weighted by atomic mass is 9.90. The first kappa shape index (κ1) is 35.3. The zero-order valence-corrected chi connectivity index (χ0v) is 31.6. The van der Waals surface area contributed by atoms with Gasteiger partial charge in [0.2, 0.25) is 16.9 Å². The molecule has 1 atom stereocenters. The van der Waals surface area contributed by atoms with Gasteiger partial charge >= 0.3 is 0 Å². The van der Waals surface area contributed by atoms with Crippen LogP contribution in [-0.4, -0.2) is 106 Å². The van der Waals surface area contributed by atoms with E-state index < -0.39 is 0 Å². The highest BCUT2D eigenvalue weighted by Gasteiger charge is 2.35. The minimum absolute atomic E-state index is 0.179. The number of ether oxygens (including phenoxy) is 1. The van der Waals surface area contributed by atoms with Gasteiger partial charge in [-0.05, 0) is 74.1 Å². The number of hydrogen-bond donors (Lipinski definition) is 2. The minimum Gasteiger partial charge on any atom is -0.376 e. The molecule has 0 unspecified atom stereocenters. The van der Waals surface area contributed by atoms with Crippen LogP contribution in [0.1, 0.15) is 49.7 Å². The van der Waals surface area contributed by atoms with Crippen molar-refractivity contribution < 1.29 is 14.3 Å². The second-order valence-electron chi connectivity index (χ2n) is 15.4. The molecular weight excluding hydrogens is 715 g/mol. The highest BCUT2D eigenvalue weighted by atomic mass is 32.1. The van der Waals surface area contributed by atoms with Crippen molar-refractivity contribution in [3.05, 3.63) is 72.1 Å². The molecule has 14 nitrogen and oxygen atoms in total. The van der Waals surface area contributed by atoms with E-state index in [4.69, 9.17) is 9.72 Å². The molecule has 282 valence electrons. The maximum Gasteiger partial charge on any atom is 0.234 e. The zero-order valence-electron chi connectivity index (χ0n) is 30.8. The molecule has 4 saturated heterocycles. The number of fused-ring (bicyclic) bond motifs is 1. The minimum atomic E-state index is -0.245. The molecule has 4 aromatic heterocycles. The van der Waals surface area contributed by atoms with E-state index in [1.807, 2.05) is 42.6 Å². The predicted molar refractivity (Wildman–Crippen MR) is 210 cm³/mol. The lowest BCUT2D eigenvalue weighted by molar-refractivity contribution is -0.134. The van der Waals surface area contributed by atoms with Crippen LogP contribution in [-0.2, 0) is 14.3 Å². The number of benzene rings is 1. The fourth-order valence-corrected chi connectivity index (χ4v) is 9.09. The van der Waals surface area contributed by atoms with Gasteiger partial charge in [-0.15, -0.1) is 10.2 Å². The second kappa shape index (κ2) is 14.7. The average molecular weight is 758 g/mol. The van der Waals surface area contributed by atoms with E-state index in [0.29, 0.717) is 37.5 Å². The van der Waals surface area contributed by atoms with Gasteiger partial charge in [-0.1, -0.05) is 23.5 Å². The van der Waals surface area contributed by atoms with Gasteiger partial charge in [0, 0.05) is 69.8 Å². The fourth-order valence-electron chi connectivity index (χ4n) is 8.17. The Kier molecular flexibility index (Phi) is 9.41. The van der Waals surface area contributed by atoms with Crippen LogP contribution in [0.25, 0.3) is 27.5 Å². The van der Waals surface area contributed by atoms with Gasteiger partial charge in [0.25, 0.3) is 0 Å². The maximum atomic E-state index is 12.3. The molecule has 0 radical (unpaired) electrons. The van der Waals surface area contributed by atoms with Crippen molar-refractivity contribution in [1.29, 1.82) is 5.26 Å². The molecule has 0 bridgehead atoms. The smallest absolute Gasteiger partial charge is 0.234 e. The molecule has 0 spiro atoms. The molecule has 0 saturated carbocycles. The van der Waals surface area contributed by atoms with Crippen molar-refractivity contribution in [3.63, 3.8) is 0 Å². The van der Waals surface area contributed by atoms with Crippen LogP contribution in [0.5, 0.6) is 0 Å². The van der Waals surface area contributed by atoms with Crippen molar-refractivity contribution in [2.45, 2.75) is 44.1 Å². The van der Waals surface area contributed by atoms with Gasteiger partial charge < -0.3 is 19.9 Å². The lowest BCUT2D eigenvalue weighted by Crippen LogP contribution is -2.53. The van der Waals surface area contributed by atoms with E-state index in [1.54, 1.807) is 22.0 Å². The number of piperidine rings is 2. The summed E-state index contributed by atoms with van der Waals surface area (Å²) in [5.41, 5.74) is 6.75. The monoisotopic (exact) mass is 757 g/mol. The molecule has 8 heterocycles. The molecule has 15 heteroatoms. The summed E-state index contributed by atoms with van der Waals surface area (Å²) < 4.78 is 7.36. The van der Waals surface area contributed by atoms with E-state index >= 15 is 0 Å². The van der Waals surface area contributed by atoms with E-state index in [1.165, 1.54) is 5.69 Å². The molecule has 4 aliphatic heterocycles. The number of rotatable bonds is 9. The Balaban J connectivity index is 0.808. The zero-order chi connectivity index (χ0) is 37.5. The summed E-state index contributed by atoms with van der Waals surface area (Å²) in [6.07, 6.45) is 6.72. The third-order valence-corrected chi connectivity index (χ3v) is 12.4. The number of carbonyl (C=O) groups excluding carboxylic acids is 2. The quantitative estimate of drug-likeness (QED) is 0.203. The highest BCUT2D eigenvalue weighted by molar-refractivity contribution is 7.18.